The largest absolute Gasteiger partial charge is 0.351 e. The molecule has 0 radical (unpaired) electrons. The van der Waals surface area contributed by atoms with Gasteiger partial charge in [-0.2, -0.15) is 0 Å². The SMILES string of the molecule is CCCS(=O)(=O)Nc1cn(C)c(=O)c(C)c1Nc1ccc(C)cc1F. The highest BCUT2D eigenvalue weighted by Crippen LogP contribution is 2.29. The number of aryl methyl sites for hydroxylation is 2. The van der Waals surface area contributed by atoms with Gasteiger partial charge in [0.1, 0.15) is 5.82 Å². The van der Waals surface area contributed by atoms with Crippen molar-refractivity contribution in [3.63, 3.8) is 0 Å². The molecule has 0 atom stereocenters. The highest BCUT2D eigenvalue weighted by molar-refractivity contribution is 7.92. The third-order valence-corrected chi connectivity index (χ3v) is 5.21. The molecule has 0 spiro atoms. The van der Waals surface area contributed by atoms with Crippen molar-refractivity contribution in [1.29, 1.82) is 0 Å². The van der Waals surface area contributed by atoms with Crippen LogP contribution in [-0.4, -0.2) is 18.7 Å². The first-order chi connectivity index (χ1) is 11.6. The quantitative estimate of drug-likeness (QED) is 0.822. The first-order valence-electron chi connectivity index (χ1n) is 7.88. The van der Waals surface area contributed by atoms with Gasteiger partial charge in [-0.25, -0.2) is 12.8 Å². The van der Waals surface area contributed by atoms with Gasteiger partial charge in [0.15, 0.2) is 0 Å². The summed E-state index contributed by atoms with van der Waals surface area (Å²) in [7, 11) is -2.03. The van der Waals surface area contributed by atoms with Gasteiger partial charge in [-0.1, -0.05) is 13.0 Å². The van der Waals surface area contributed by atoms with E-state index in [4.69, 9.17) is 0 Å². The Hall–Kier alpha value is -2.35. The molecular formula is C17H22FN3O3S. The standard InChI is InChI=1S/C17H22FN3O3S/c1-5-8-25(23,24)20-15-10-21(4)17(22)12(3)16(15)19-14-7-6-11(2)9-13(14)18/h6-7,9-10,19-20H,5,8H2,1-4H3. The van der Waals surface area contributed by atoms with Crippen LogP contribution in [0, 0.1) is 19.7 Å². The topological polar surface area (TPSA) is 80.2 Å². The zero-order valence-corrected chi connectivity index (χ0v) is 15.5. The lowest BCUT2D eigenvalue weighted by atomic mass is 10.2. The van der Waals surface area contributed by atoms with E-state index < -0.39 is 15.8 Å². The van der Waals surface area contributed by atoms with E-state index in [0.717, 1.165) is 5.56 Å². The Balaban J connectivity index is 2.55. The van der Waals surface area contributed by atoms with Crippen molar-refractivity contribution < 1.29 is 12.8 Å². The molecule has 8 heteroatoms. The summed E-state index contributed by atoms with van der Waals surface area (Å²) < 4.78 is 42.2. The Labute approximate surface area is 146 Å². The zero-order valence-electron chi connectivity index (χ0n) is 14.7. The Morgan fingerprint density at radius 3 is 2.48 bits per heavy atom. The van der Waals surface area contributed by atoms with Crippen molar-refractivity contribution in [3.05, 3.63) is 51.7 Å². The van der Waals surface area contributed by atoms with Gasteiger partial charge in [0.25, 0.3) is 5.56 Å². The predicted octanol–water partition coefficient (Wildman–Crippen LogP) is 3.04. The fourth-order valence-corrected chi connectivity index (χ4v) is 3.60. The molecule has 0 aliphatic carbocycles. The maximum Gasteiger partial charge on any atom is 0.255 e. The van der Waals surface area contributed by atoms with Crippen LogP contribution in [0.3, 0.4) is 0 Å². The van der Waals surface area contributed by atoms with Gasteiger partial charge in [0, 0.05) is 18.8 Å². The van der Waals surface area contributed by atoms with Crippen molar-refractivity contribution in [1.82, 2.24) is 4.57 Å². The molecule has 136 valence electrons. The summed E-state index contributed by atoms with van der Waals surface area (Å²) in [5.74, 6) is -0.532. The Kier molecular flexibility index (Phi) is 5.52. The molecule has 0 aliphatic heterocycles. The number of rotatable bonds is 6. The molecule has 0 amide bonds. The molecule has 1 heterocycles. The number of anilines is 3. The van der Waals surface area contributed by atoms with Crippen molar-refractivity contribution in [3.8, 4) is 0 Å². The van der Waals surface area contributed by atoms with E-state index in [9.17, 15) is 17.6 Å². The number of nitrogens with zero attached hydrogens (tertiary/aromatic N) is 1. The second kappa shape index (κ2) is 7.26. The number of aromatic nitrogens is 1. The normalized spacial score (nSPS) is 11.4. The molecule has 1 aromatic heterocycles. The van der Waals surface area contributed by atoms with E-state index in [-0.39, 0.29) is 28.4 Å². The molecule has 0 saturated heterocycles. The van der Waals surface area contributed by atoms with Crippen LogP contribution in [0.15, 0.2) is 29.2 Å². The third kappa shape index (κ3) is 4.39. The number of hydrogen-bond donors (Lipinski definition) is 2. The molecule has 0 saturated carbocycles. The van der Waals surface area contributed by atoms with Gasteiger partial charge >= 0.3 is 0 Å². The lowest BCUT2D eigenvalue weighted by Gasteiger charge is -2.18. The molecule has 2 rings (SSSR count). The molecule has 2 N–H and O–H groups in total. The number of hydrogen-bond acceptors (Lipinski definition) is 4. The zero-order chi connectivity index (χ0) is 18.8. The molecule has 0 fully saturated rings. The van der Waals surface area contributed by atoms with Crippen LogP contribution in [0.25, 0.3) is 0 Å². The van der Waals surface area contributed by atoms with Crippen LogP contribution >= 0.6 is 0 Å². The number of benzene rings is 1. The lowest BCUT2D eigenvalue weighted by molar-refractivity contribution is 0.600. The van der Waals surface area contributed by atoms with Crippen LogP contribution < -0.4 is 15.6 Å². The Morgan fingerprint density at radius 1 is 1.20 bits per heavy atom. The van der Waals surface area contributed by atoms with Gasteiger partial charge in [0.2, 0.25) is 10.0 Å². The van der Waals surface area contributed by atoms with E-state index in [1.54, 1.807) is 32.9 Å². The summed E-state index contributed by atoms with van der Waals surface area (Å²) in [4.78, 5) is 12.2. The fourth-order valence-electron chi connectivity index (χ4n) is 2.47. The highest BCUT2D eigenvalue weighted by Gasteiger charge is 2.17. The summed E-state index contributed by atoms with van der Waals surface area (Å²) in [5, 5.41) is 2.85. The van der Waals surface area contributed by atoms with Crippen LogP contribution in [0.4, 0.5) is 21.5 Å². The molecule has 1 aromatic carbocycles. The minimum absolute atomic E-state index is 0.0484. The van der Waals surface area contributed by atoms with Crippen LogP contribution in [-0.2, 0) is 17.1 Å². The van der Waals surface area contributed by atoms with Crippen LogP contribution in [0.1, 0.15) is 24.5 Å². The second-order valence-corrected chi connectivity index (χ2v) is 7.83. The number of nitrogens with one attached hydrogen (secondary N) is 2. The minimum Gasteiger partial charge on any atom is -0.351 e. The van der Waals surface area contributed by atoms with Crippen LogP contribution in [0.5, 0.6) is 0 Å². The number of sulfonamides is 1. The number of halogens is 1. The summed E-state index contributed by atoms with van der Waals surface area (Å²) >= 11 is 0. The van der Waals surface area contributed by atoms with E-state index in [2.05, 4.69) is 10.0 Å². The number of pyridine rings is 1. The van der Waals surface area contributed by atoms with E-state index >= 15 is 0 Å². The maximum atomic E-state index is 14.2. The minimum atomic E-state index is -3.56. The molecule has 2 aromatic rings. The second-order valence-electron chi connectivity index (χ2n) is 5.99. The fraction of sp³-hybridized carbons (Fsp3) is 0.353. The average molecular weight is 367 g/mol. The molecule has 0 bridgehead atoms. The average Bonchev–Trinajstić information content (AvgIpc) is 2.50. The van der Waals surface area contributed by atoms with Gasteiger partial charge in [-0.15, -0.1) is 0 Å². The lowest BCUT2D eigenvalue weighted by Crippen LogP contribution is -2.24. The molecule has 6 nitrogen and oxygen atoms in total. The van der Waals surface area contributed by atoms with Gasteiger partial charge in [-0.05, 0) is 38.0 Å². The Bertz CT molecular complexity index is 952. The monoisotopic (exact) mass is 367 g/mol. The molecule has 0 unspecified atom stereocenters. The first-order valence-corrected chi connectivity index (χ1v) is 9.53. The van der Waals surface area contributed by atoms with Gasteiger partial charge in [-0.3, -0.25) is 9.52 Å². The third-order valence-electron chi connectivity index (χ3n) is 3.73. The van der Waals surface area contributed by atoms with Crippen molar-refractivity contribution in [2.75, 3.05) is 15.8 Å². The summed E-state index contributed by atoms with van der Waals surface area (Å²) in [6, 6.07) is 4.63. The van der Waals surface area contributed by atoms with E-state index in [0.29, 0.717) is 12.0 Å². The molecule has 25 heavy (non-hydrogen) atoms. The molecular weight excluding hydrogens is 345 g/mol. The van der Waals surface area contributed by atoms with E-state index in [1.807, 2.05) is 0 Å². The maximum absolute atomic E-state index is 14.2. The summed E-state index contributed by atoms with van der Waals surface area (Å²) in [6.45, 7) is 5.08. The highest BCUT2D eigenvalue weighted by atomic mass is 32.2. The van der Waals surface area contributed by atoms with E-state index in [1.165, 1.54) is 23.9 Å². The predicted molar refractivity (Wildman–Crippen MR) is 98.5 cm³/mol. The summed E-state index contributed by atoms with van der Waals surface area (Å²) in [5.41, 5.74) is 1.36. The molecule has 0 aliphatic rings. The van der Waals surface area contributed by atoms with Gasteiger partial charge in [0.05, 0.1) is 22.8 Å². The first kappa shape index (κ1) is 19.0. The Morgan fingerprint density at radius 2 is 1.88 bits per heavy atom. The summed E-state index contributed by atoms with van der Waals surface area (Å²) in [6.07, 6.45) is 1.84. The van der Waals surface area contributed by atoms with Crippen molar-refractivity contribution in [2.45, 2.75) is 27.2 Å². The smallest absolute Gasteiger partial charge is 0.255 e. The van der Waals surface area contributed by atoms with Crippen molar-refractivity contribution >= 4 is 27.1 Å². The van der Waals surface area contributed by atoms with Crippen LogP contribution in [0.2, 0.25) is 0 Å². The van der Waals surface area contributed by atoms with Gasteiger partial charge < -0.3 is 9.88 Å². The van der Waals surface area contributed by atoms with Crippen molar-refractivity contribution in [2.24, 2.45) is 7.05 Å².